The number of azo groups is 1. The number of hydrogen-bond donors (Lipinski definition) is 2. The summed E-state index contributed by atoms with van der Waals surface area (Å²) in [5, 5.41) is 21.2. The van der Waals surface area contributed by atoms with Crippen molar-refractivity contribution in [2.75, 3.05) is 0 Å². The number of aromatic hydroxyl groups is 1. The normalized spacial score (nSPS) is 13.7. The predicted molar refractivity (Wildman–Crippen MR) is 82.9 cm³/mol. The molecule has 1 aromatic heterocycles. The first-order valence-corrected chi connectivity index (χ1v) is 6.75. The van der Waals surface area contributed by atoms with Crippen LogP contribution >= 0.6 is 0 Å². The van der Waals surface area contributed by atoms with Gasteiger partial charge in [0.15, 0.2) is 5.88 Å². The molecular formula is C17H13N3O. The maximum absolute atomic E-state index is 10.2. The van der Waals surface area contributed by atoms with Gasteiger partial charge in [-0.05, 0) is 29.8 Å². The topological polar surface area (TPSA) is 60.7 Å². The first-order valence-electron chi connectivity index (χ1n) is 6.75. The van der Waals surface area contributed by atoms with Crippen molar-refractivity contribution in [3.63, 3.8) is 0 Å². The van der Waals surface area contributed by atoms with E-state index in [0.29, 0.717) is 0 Å². The lowest BCUT2D eigenvalue weighted by Crippen LogP contribution is -2.06. The van der Waals surface area contributed by atoms with Crippen molar-refractivity contribution in [2.24, 2.45) is 10.2 Å². The highest BCUT2D eigenvalue weighted by molar-refractivity contribution is 5.93. The Bertz CT molecular complexity index is 1010. The predicted octanol–water partition coefficient (Wildman–Crippen LogP) is 2.85. The fourth-order valence-corrected chi connectivity index (χ4v) is 2.68. The summed E-state index contributed by atoms with van der Waals surface area (Å²) in [6.07, 6.45) is 3.70. The largest absolute Gasteiger partial charge is 0.494 e. The van der Waals surface area contributed by atoms with E-state index >= 15 is 0 Å². The Morgan fingerprint density at radius 1 is 1.19 bits per heavy atom. The third-order valence-corrected chi connectivity index (χ3v) is 3.79. The highest BCUT2D eigenvalue weighted by Crippen LogP contribution is 2.29. The molecule has 2 N–H and O–H groups in total. The van der Waals surface area contributed by atoms with Gasteiger partial charge in [0.1, 0.15) is 0 Å². The van der Waals surface area contributed by atoms with Crippen LogP contribution in [0.3, 0.4) is 0 Å². The number of H-pyrrole nitrogens is 1. The van der Waals surface area contributed by atoms with Crippen molar-refractivity contribution in [1.29, 1.82) is 0 Å². The van der Waals surface area contributed by atoms with E-state index in [1.54, 1.807) is 6.20 Å². The van der Waals surface area contributed by atoms with Gasteiger partial charge in [0, 0.05) is 16.2 Å². The number of aromatic nitrogens is 1. The van der Waals surface area contributed by atoms with Gasteiger partial charge < -0.3 is 10.1 Å². The van der Waals surface area contributed by atoms with Gasteiger partial charge in [-0.3, -0.25) is 0 Å². The van der Waals surface area contributed by atoms with E-state index in [2.05, 4.69) is 15.2 Å². The highest BCUT2D eigenvalue weighted by Gasteiger charge is 2.09. The van der Waals surface area contributed by atoms with Gasteiger partial charge >= 0.3 is 0 Å². The number of aryl methyl sites for hydroxylation is 1. The summed E-state index contributed by atoms with van der Waals surface area (Å²) in [5.74, 6) is 0.188. The van der Waals surface area contributed by atoms with Gasteiger partial charge in [0.25, 0.3) is 0 Å². The Balaban J connectivity index is 1.98. The van der Waals surface area contributed by atoms with Crippen LogP contribution < -0.4 is 10.4 Å². The average Bonchev–Trinajstić information content (AvgIpc) is 3.05. The van der Waals surface area contributed by atoms with E-state index < -0.39 is 0 Å². The van der Waals surface area contributed by atoms with E-state index in [-0.39, 0.29) is 5.88 Å². The minimum absolute atomic E-state index is 0.188. The molecule has 1 aliphatic heterocycles. The number of nitrogens with zero attached hydrogens (tertiary/aromatic N) is 2. The minimum Gasteiger partial charge on any atom is -0.494 e. The Labute approximate surface area is 120 Å². The van der Waals surface area contributed by atoms with Crippen LogP contribution in [0, 0.1) is 6.92 Å². The second-order valence-electron chi connectivity index (χ2n) is 5.19. The number of hydrogen-bond acceptors (Lipinski definition) is 3. The molecule has 4 heteroatoms. The van der Waals surface area contributed by atoms with Gasteiger partial charge in [-0.1, -0.05) is 30.3 Å². The third-order valence-electron chi connectivity index (χ3n) is 3.79. The molecule has 2 heterocycles. The van der Waals surface area contributed by atoms with Crippen LogP contribution in [-0.2, 0) is 0 Å². The van der Waals surface area contributed by atoms with E-state index in [4.69, 9.17) is 0 Å². The second kappa shape index (κ2) is 4.31. The average molecular weight is 275 g/mol. The lowest BCUT2D eigenvalue weighted by molar-refractivity contribution is 0.457. The molecule has 0 fully saturated rings. The molecule has 0 spiro atoms. The zero-order chi connectivity index (χ0) is 14.4. The molecular weight excluding hydrogens is 262 g/mol. The molecule has 4 rings (SSSR count). The molecule has 0 amide bonds. The van der Waals surface area contributed by atoms with Gasteiger partial charge in [-0.2, -0.15) is 10.2 Å². The van der Waals surface area contributed by atoms with E-state index in [1.807, 2.05) is 49.4 Å². The van der Waals surface area contributed by atoms with E-state index in [9.17, 15) is 5.11 Å². The lowest BCUT2D eigenvalue weighted by Gasteiger charge is -1.96. The number of fused-ring (bicyclic) bond motifs is 2. The Morgan fingerprint density at radius 2 is 2.10 bits per heavy atom. The molecule has 3 aromatic rings. The van der Waals surface area contributed by atoms with Crippen molar-refractivity contribution in [1.82, 2.24) is 4.98 Å². The summed E-state index contributed by atoms with van der Waals surface area (Å²) in [6, 6.07) is 12.0. The quantitative estimate of drug-likeness (QED) is 0.705. The fourth-order valence-electron chi connectivity index (χ4n) is 2.68. The summed E-state index contributed by atoms with van der Waals surface area (Å²) >= 11 is 0. The Hall–Kier alpha value is -2.88. The van der Waals surface area contributed by atoms with E-state index in [0.717, 1.165) is 38.2 Å². The number of benzene rings is 2. The van der Waals surface area contributed by atoms with Crippen LogP contribution in [0.15, 0.2) is 46.6 Å². The number of rotatable bonds is 1. The first-order chi connectivity index (χ1) is 10.2. The van der Waals surface area contributed by atoms with E-state index in [1.165, 1.54) is 0 Å². The second-order valence-corrected chi connectivity index (χ2v) is 5.19. The molecule has 2 aromatic carbocycles. The SMILES string of the molecule is Cc1cccc2c(C=c3ccc4c(c3)N=NC=4)c(O)[nH]c12. The summed E-state index contributed by atoms with van der Waals surface area (Å²) in [6.45, 7) is 2.02. The molecule has 0 saturated carbocycles. The summed E-state index contributed by atoms with van der Waals surface area (Å²) in [7, 11) is 0. The summed E-state index contributed by atoms with van der Waals surface area (Å²) < 4.78 is 0. The molecule has 0 saturated heterocycles. The molecule has 0 bridgehead atoms. The van der Waals surface area contributed by atoms with Crippen LogP contribution in [0.5, 0.6) is 5.88 Å². The molecule has 0 unspecified atom stereocenters. The Kier molecular flexibility index (Phi) is 2.44. The maximum atomic E-state index is 10.2. The third kappa shape index (κ3) is 1.84. The number of aromatic amines is 1. The van der Waals surface area contributed by atoms with Crippen LogP contribution in [-0.4, -0.2) is 10.1 Å². The van der Waals surface area contributed by atoms with Crippen LogP contribution in [0.1, 0.15) is 11.1 Å². The number of para-hydroxylation sites is 1. The minimum atomic E-state index is 0.188. The van der Waals surface area contributed by atoms with Gasteiger partial charge in [0.2, 0.25) is 0 Å². The molecule has 102 valence electrons. The molecule has 1 aliphatic rings. The summed E-state index contributed by atoms with van der Waals surface area (Å²) in [4.78, 5) is 3.04. The zero-order valence-corrected chi connectivity index (χ0v) is 11.5. The van der Waals surface area contributed by atoms with Crippen molar-refractivity contribution in [3.8, 4) is 5.88 Å². The van der Waals surface area contributed by atoms with Crippen molar-refractivity contribution in [2.45, 2.75) is 6.92 Å². The fraction of sp³-hybridized carbons (Fsp3) is 0.0588. The van der Waals surface area contributed by atoms with Crippen LogP contribution in [0.2, 0.25) is 0 Å². The zero-order valence-electron chi connectivity index (χ0n) is 11.5. The smallest absolute Gasteiger partial charge is 0.196 e. The Morgan fingerprint density at radius 3 is 3.00 bits per heavy atom. The number of nitrogens with one attached hydrogen (secondary N) is 1. The highest BCUT2D eigenvalue weighted by atomic mass is 16.3. The maximum Gasteiger partial charge on any atom is 0.196 e. The molecule has 21 heavy (non-hydrogen) atoms. The first kappa shape index (κ1) is 11.9. The van der Waals surface area contributed by atoms with Gasteiger partial charge in [-0.25, -0.2) is 0 Å². The van der Waals surface area contributed by atoms with Crippen LogP contribution in [0.25, 0.3) is 23.2 Å². The lowest BCUT2D eigenvalue weighted by atomic mass is 10.1. The van der Waals surface area contributed by atoms with Gasteiger partial charge in [-0.15, -0.1) is 0 Å². The van der Waals surface area contributed by atoms with Crippen LogP contribution in [0.4, 0.5) is 5.69 Å². The summed E-state index contributed by atoms with van der Waals surface area (Å²) in [5.41, 5.74) is 3.74. The monoisotopic (exact) mass is 275 g/mol. The van der Waals surface area contributed by atoms with Gasteiger partial charge in [0.05, 0.1) is 17.4 Å². The molecule has 0 atom stereocenters. The van der Waals surface area contributed by atoms with Crippen molar-refractivity contribution in [3.05, 3.63) is 58.0 Å². The molecule has 0 radical (unpaired) electrons. The van der Waals surface area contributed by atoms with Crippen molar-refractivity contribution >= 4 is 28.9 Å². The molecule has 0 aliphatic carbocycles. The van der Waals surface area contributed by atoms with Crippen molar-refractivity contribution < 1.29 is 5.11 Å². The standard InChI is InChI=1S/C17H13N3O/c1-10-3-2-4-13-14(17(21)19-16(10)13)7-11-5-6-12-9-18-20-15(12)8-11/h2-9,19,21H,1H3. The molecule has 4 nitrogen and oxygen atoms in total.